The van der Waals surface area contributed by atoms with E-state index in [1.54, 1.807) is 7.11 Å². The van der Waals surface area contributed by atoms with E-state index in [0.29, 0.717) is 43.0 Å². The smallest absolute Gasteiger partial charge is 0.307 e. The number of carbonyl (C=O) groups is 1. The Kier molecular flexibility index (Phi) is 9.48. The maximum Gasteiger partial charge on any atom is 0.307 e. The Labute approximate surface area is 248 Å². The zero-order chi connectivity index (χ0) is 29.3. The predicted octanol–water partition coefficient (Wildman–Crippen LogP) is 6.06. The monoisotopic (exact) mass is 580 g/mol. The number of hydrogen-bond donors (Lipinski definition) is 3. The largest absolute Gasteiger partial charge is 0.494 e. The molecule has 0 saturated carbocycles. The number of nitrogens with one attached hydrogen (secondary N) is 2. The van der Waals surface area contributed by atoms with E-state index in [4.69, 9.17) is 9.47 Å². The van der Waals surface area contributed by atoms with Crippen molar-refractivity contribution in [3.05, 3.63) is 128 Å². The van der Waals surface area contributed by atoms with E-state index in [-0.39, 0.29) is 16.7 Å². The van der Waals surface area contributed by atoms with E-state index in [1.807, 2.05) is 78.9 Å². The third kappa shape index (κ3) is 7.54. The summed E-state index contributed by atoms with van der Waals surface area (Å²) in [5.41, 5.74) is 7.00. The first-order valence-corrected chi connectivity index (χ1v) is 14.5. The average molecular weight is 581 g/mol. The van der Waals surface area contributed by atoms with Crippen LogP contribution in [0.5, 0.6) is 11.6 Å². The van der Waals surface area contributed by atoms with Crippen LogP contribution in [-0.2, 0) is 17.6 Å². The number of rotatable bonds is 12. The molecule has 0 spiro atoms. The highest BCUT2D eigenvalue weighted by atomic mass is 32.1. The Morgan fingerprint density at radius 2 is 1.50 bits per heavy atom. The SMILES string of the molecule is COCCOc1ccc(-c2ccc(C(=O)NCCc3cccc(-c4ccc(Cc5sc(=O)[nH]c5O)cc4)c3)cc2)cc1. The molecule has 1 heterocycles. The zero-order valence-electron chi connectivity index (χ0n) is 23.3. The molecule has 0 bridgehead atoms. The van der Waals surface area contributed by atoms with E-state index in [2.05, 4.69) is 28.5 Å². The molecule has 42 heavy (non-hydrogen) atoms. The van der Waals surface area contributed by atoms with Gasteiger partial charge in [-0.1, -0.05) is 84.1 Å². The van der Waals surface area contributed by atoms with Gasteiger partial charge in [-0.2, -0.15) is 0 Å². The fourth-order valence-electron chi connectivity index (χ4n) is 4.60. The van der Waals surface area contributed by atoms with Gasteiger partial charge in [-0.3, -0.25) is 14.6 Å². The Balaban J connectivity index is 1.12. The molecule has 214 valence electrons. The van der Waals surface area contributed by atoms with Gasteiger partial charge in [-0.25, -0.2) is 0 Å². The summed E-state index contributed by atoms with van der Waals surface area (Å²) in [5.74, 6) is 0.632. The second-order valence-electron chi connectivity index (χ2n) is 9.81. The maximum atomic E-state index is 12.8. The molecule has 5 rings (SSSR count). The van der Waals surface area contributed by atoms with E-state index in [1.165, 1.54) is 0 Å². The number of carbonyl (C=O) groups excluding carboxylic acids is 1. The lowest BCUT2D eigenvalue weighted by molar-refractivity contribution is 0.0954. The van der Waals surface area contributed by atoms with Gasteiger partial charge >= 0.3 is 4.87 Å². The van der Waals surface area contributed by atoms with Crippen LogP contribution in [0.25, 0.3) is 22.3 Å². The van der Waals surface area contributed by atoms with Crippen LogP contribution in [-0.4, -0.2) is 42.9 Å². The van der Waals surface area contributed by atoms with Crippen molar-refractivity contribution in [2.45, 2.75) is 12.8 Å². The van der Waals surface area contributed by atoms with Gasteiger partial charge in [0.2, 0.25) is 5.88 Å². The highest BCUT2D eigenvalue weighted by Crippen LogP contribution is 2.25. The van der Waals surface area contributed by atoms with Crippen molar-refractivity contribution in [3.63, 3.8) is 0 Å². The summed E-state index contributed by atoms with van der Waals surface area (Å²) in [6.45, 7) is 1.58. The van der Waals surface area contributed by atoms with Crippen LogP contribution in [0, 0.1) is 0 Å². The Hall–Kier alpha value is -4.66. The molecule has 7 nitrogen and oxygen atoms in total. The lowest BCUT2D eigenvalue weighted by Crippen LogP contribution is -2.25. The average Bonchev–Trinajstić information content (AvgIpc) is 3.34. The second-order valence-corrected chi connectivity index (χ2v) is 10.9. The minimum absolute atomic E-state index is 0.0581. The van der Waals surface area contributed by atoms with Gasteiger partial charge in [0.15, 0.2) is 0 Å². The molecule has 0 fully saturated rings. The fourth-order valence-corrected chi connectivity index (χ4v) is 5.36. The van der Waals surface area contributed by atoms with Gasteiger partial charge in [0.05, 0.1) is 11.5 Å². The molecule has 1 aromatic heterocycles. The molecule has 3 N–H and O–H groups in total. The van der Waals surface area contributed by atoms with Crippen LogP contribution in [0.1, 0.15) is 26.4 Å². The number of ether oxygens (including phenoxy) is 2. The molecule has 0 aliphatic heterocycles. The van der Waals surface area contributed by atoms with Crippen LogP contribution < -0.4 is 14.9 Å². The molecule has 4 aromatic carbocycles. The van der Waals surface area contributed by atoms with E-state index >= 15 is 0 Å². The topological polar surface area (TPSA) is 101 Å². The lowest BCUT2D eigenvalue weighted by atomic mass is 10.00. The molecule has 0 saturated heterocycles. The highest BCUT2D eigenvalue weighted by Gasteiger charge is 2.09. The number of hydrogen-bond acceptors (Lipinski definition) is 6. The maximum absolute atomic E-state index is 12.8. The van der Waals surface area contributed by atoms with Crippen LogP contribution in [0.3, 0.4) is 0 Å². The standard InChI is InChI=1S/C34H32N2O5S/c1-40-19-20-41-30-15-13-26(14-16-30)25-9-11-28(12-10-25)32(37)35-18-17-23-3-2-4-29(21-23)27-7-5-24(6-8-27)22-31-33(38)36-34(39)42-31/h2-16,21,38H,17-20,22H2,1H3,(H,35,37)(H,36,39). The summed E-state index contributed by atoms with van der Waals surface area (Å²) >= 11 is 1.02. The minimum atomic E-state index is -0.257. The van der Waals surface area contributed by atoms with Crippen LogP contribution >= 0.6 is 11.3 Å². The Morgan fingerprint density at radius 3 is 2.17 bits per heavy atom. The van der Waals surface area contributed by atoms with E-state index in [9.17, 15) is 14.7 Å². The van der Waals surface area contributed by atoms with Crippen molar-refractivity contribution in [3.8, 4) is 33.9 Å². The van der Waals surface area contributed by atoms with Crippen molar-refractivity contribution in [1.82, 2.24) is 10.3 Å². The third-order valence-corrected chi connectivity index (χ3v) is 7.74. The summed E-state index contributed by atoms with van der Waals surface area (Å²) in [5, 5.41) is 12.9. The number of aromatic hydroxyl groups is 1. The number of methoxy groups -OCH3 is 1. The van der Waals surface area contributed by atoms with Gasteiger partial charge in [0.1, 0.15) is 12.4 Å². The summed E-state index contributed by atoms with van der Waals surface area (Å²) < 4.78 is 10.6. The lowest BCUT2D eigenvalue weighted by Gasteiger charge is -2.09. The van der Waals surface area contributed by atoms with Crippen LogP contribution in [0.15, 0.2) is 102 Å². The minimum Gasteiger partial charge on any atom is -0.494 e. The molecule has 5 aromatic rings. The number of H-pyrrole nitrogens is 1. The van der Waals surface area contributed by atoms with Crippen molar-refractivity contribution >= 4 is 17.2 Å². The van der Waals surface area contributed by atoms with Gasteiger partial charge in [-0.15, -0.1) is 0 Å². The van der Waals surface area contributed by atoms with Crippen molar-refractivity contribution in [1.29, 1.82) is 0 Å². The first kappa shape index (κ1) is 28.9. The number of benzene rings is 4. The molecule has 0 aliphatic carbocycles. The van der Waals surface area contributed by atoms with Gasteiger partial charge in [-0.05, 0) is 64.1 Å². The molecule has 0 aliphatic rings. The summed E-state index contributed by atoms with van der Waals surface area (Å²) in [7, 11) is 1.65. The number of aromatic nitrogens is 1. The van der Waals surface area contributed by atoms with Crippen LogP contribution in [0.4, 0.5) is 0 Å². The van der Waals surface area contributed by atoms with Gasteiger partial charge in [0.25, 0.3) is 5.91 Å². The van der Waals surface area contributed by atoms with Gasteiger partial charge in [0, 0.05) is 25.6 Å². The fraction of sp³-hybridized carbons (Fsp3) is 0.176. The molecule has 1 amide bonds. The number of thiazole rings is 1. The van der Waals surface area contributed by atoms with Crippen molar-refractivity contribution in [2.24, 2.45) is 0 Å². The number of aromatic amines is 1. The molecule has 8 heteroatoms. The Morgan fingerprint density at radius 1 is 0.833 bits per heavy atom. The van der Waals surface area contributed by atoms with E-state index < -0.39 is 0 Å². The van der Waals surface area contributed by atoms with Crippen LogP contribution in [0.2, 0.25) is 0 Å². The van der Waals surface area contributed by atoms with Crippen molar-refractivity contribution < 1.29 is 19.4 Å². The summed E-state index contributed by atoms with van der Waals surface area (Å²) in [6, 6.07) is 31.8. The quantitative estimate of drug-likeness (QED) is 0.156. The first-order valence-electron chi connectivity index (χ1n) is 13.7. The normalized spacial score (nSPS) is 10.9. The second kappa shape index (κ2) is 13.8. The Bertz CT molecular complexity index is 1670. The summed E-state index contributed by atoms with van der Waals surface area (Å²) in [6.07, 6.45) is 1.20. The number of amides is 1. The summed E-state index contributed by atoms with van der Waals surface area (Å²) in [4.78, 5) is 27.0. The highest BCUT2D eigenvalue weighted by molar-refractivity contribution is 7.09. The van der Waals surface area contributed by atoms with E-state index in [0.717, 1.165) is 50.5 Å². The molecular formula is C34H32N2O5S. The third-order valence-electron chi connectivity index (χ3n) is 6.87. The molecule has 0 radical (unpaired) electrons. The van der Waals surface area contributed by atoms with Gasteiger partial charge < -0.3 is 19.9 Å². The molecule has 0 atom stereocenters. The molecule has 0 unspecified atom stereocenters. The zero-order valence-corrected chi connectivity index (χ0v) is 24.1. The molecular weight excluding hydrogens is 548 g/mol. The first-order chi connectivity index (χ1) is 20.5. The van der Waals surface area contributed by atoms with Crippen molar-refractivity contribution in [2.75, 3.05) is 26.9 Å². The predicted molar refractivity (Wildman–Crippen MR) is 167 cm³/mol.